The van der Waals surface area contributed by atoms with Crippen LogP contribution in [0.25, 0.3) is 0 Å². The lowest BCUT2D eigenvalue weighted by molar-refractivity contribution is 0.141. The summed E-state index contributed by atoms with van der Waals surface area (Å²) in [5.41, 5.74) is 6.83. The van der Waals surface area contributed by atoms with E-state index in [1.54, 1.807) is 0 Å². The van der Waals surface area contributed by atoms with Crippen LogP contribution in [0.1, 0.15) is 11.1 Å². The highest BCUT2D eigenvalue weighted by Crippen LogP contribution is 2.29. The van der Waals surface area contributed by atoms with Crippen molar-refractivity contribution < 1.29 is 18.3 Å². The number of rotatable bonds is 4. The first-order valence-electron chi connectivity index (χ1n) is 6.72. The van der Waals surface area contributed by atoms with E-state index in [1.807, 2.05) is 24.3 Å². The van der Waals surface area contributed by atoms with E-state index in [9.17, 15) is 8.78 Å². The van der Waals surface area contributed by atoms with Crippen LogP contribution in [0.5, 0.6) is 11.5 Å². The molecular formula is C16H15F2NO2. The van der Waals surface area contributed by atoms with Crippen LogP contribution < -0.4 is 15.2 Å². The Hall–Kier alpha value is -2.14. The zero-order valence-electron chi connectivity index (χ0n) is 11.3. The Kier molecular flexibility index (Phi) is 3.75. The maximum atomic E-state index is 13.8. The molecule has 1 aliphatic heterocycles. The summed E-state index contributed by atoms with van der Waals surface area (Å²) < 4.78 is 38.5. The second-order valence-corrected chi connectivity index (χ2v) is 4.96. The lowest BCUT2D eigenvalue weighted by Gasteiger charge is -2.14. The van der Waals surface area contributed by atoms with Gasteiger partial charge in [0.05, 0.1) is 0 Å². The van der Waals surface area contributed by atoms with E-state index in [4.69, 9.17) is 15.2 Å². The van der Waals surface area contributed by atoms with Crippen LogP contribution in [0.2, 0.25) is 0 Å². The SMILES string of the molecule is NCc1cc(F)c(OCC2Cc3ccccc3O2)c(F)c1. The van der Waals surface area contributed by atoms with Gasteiger partial charge in [-0.25, -0.2) is 8.78 Å². The summed E-state index contributed by atoms with van der Waals surface area (Å²) in [6.45, 7) is 0.166. The molecule has 0 aromatic heterocycles. The molecule has 2 aromatic rings. The zero-order valence-corrected chi connectivity index (χ0v) is 11.3. The van der Waals surface area contributed by atoms with Gasteiger partial charge in [0.2, 0.25) is 0 Å². The molecule has 110 valence electrons. The molecule has 0 bridgehead atoms. The van der Waals surface area contributed by atoms with Crippen molar-refractivity contribution in [3.63, 3.8) is 0 Å². The highest BCUT2D eigenvalue weighted by Gasteiger charge is 2.24. The van der Waals surface area contributed by atoms with E-state index < -0.39 is 11.6 Å². The second-order valence-electron chi connectivity index (χ2n) is 4.96. The topological polar surface area (TPSA) is 44.5 Å². The number of para-hydroxylation sites is 1. The van der Waals surface area contributed by atoms with Crippen LogP contribution in [0, 0.1) is 11.6 Å². The molecule has 1 heterocycles. The predicted octanol–water partition coefficient (Wildman–Crippen LogP) is 2.81. The molecule has 2 aromatic carbocycles. The molecule has 1 atom stereocenters. The second kappa shape index (κ2) is 5.69. The molecule has 0 amide bonds. The summed E-state index contributed by atoms with van der Waals surface area (Å²) in [6.07, 6.45) is 0.427. The fraction of sp³-hybridized carbons (Fsp3) is 0.250. The minimum Gasteiger partial charge on any atom is -0.486 e. The van der Waals surface area contributed by atoms with E-state index in [-0.39, 0.29) is 25.0 Å². The molecule has 0 saturated carbocycles. The molecule has 1 aliphatic rings. The van der Waals surface area contributed by atoms with E-state index in [0.29, 0.717) is 12.0 Å². The number of fused-ring (bicyclic) bond motifs is 1. The molecule has 0 aliphatic carbocycles. The van der Waals surface area contributed by atoms with Crippen molar-refractivity contribution in [1.29, 1.82) is 0 Å². The molecule has 3 nitrogen and oxygen atoms in total. The third kappa shape index (κ3) is 2.83. The fourth-order valence-corrected chi connectivity index (χ4v) is 2.39. The summed E-state index contributed by atoms with van der Waals surface area (Å²) in [7, 11) is 0. The summed E-state index contributed by atoms with van der Waals surface area (Å²) >= 11 is 0. The van der Waals surface area contributed by atoms with Crippen LogP contribution in [0.4, 0.5) is 8.78 Å². The van der Waals surface area contributed by atoms with Crippen molar-refractivity contribution >= 4 is 0 Å². The first kappa shape index (κ1) is 13.8. The first-order chi connectivity index (χ1) is 10.2. The van der Waals surface area contributed by atoms with E-state index in [0.717, 1.165) is 11.3 Å². The Morgan fingerprint density at radius 3 is 2.57 bits per heavy atom. The van der Waals surface area contributed by atoms with Gasteiger partial charge in [-0.05, 0) is 29.3 Å². The maximum Gasteiger partial charge on any atom is 0.190 e. The molecule has 0 radical (unpaired) electrons. The summed E-state index contributed by atoms with van der Waals surface area (Å²) in [5.74, 6) is -1.07. The molecule has 0 saturated heterocycles. The Morgan fingerprint density at radius 1 is 1.19 bits per heavy atom. The van der Waals surface area contributed by atoms with Crippen LogP contribution in [-0.4, -0.2) is 12.7 Å². The monoisotopic (exact) mass is 291 g/mol. The van der Waals surface area contributed by atoms with E-state index in [2.05, 4.69) is 0 Å². The fourth-order valence-electron chi connectivity index (χ4n) is 2.39. The average molecular weight is 291 g/mol. The van der Waals surface area contributed by atoms with Gasteiger partial charge >= 0.3 is 0 Å². The van der Waals surface area contributed by atoms with Crippen molar-refractivity contribution in [2.75, 3.05) is 6.61 Å². The third-order valence-electron chi connectivity index (χ3n) is 3.42. The molecule has 1 unspecified atom stereocenters. The Labute approximate surface area is 121 Å². The minimum absolute atomic E-state index is 0.0785. The molecule has 2 N–H and O–H groups in total. The number of halogens is 2. The van der Waals surface area contributed by atoms with Crippen molar-refractivity contribution in [3.8, 4) is 11.5 Å². The van der Waals surface area contributed by atoms with Crippen LogP contribution in [0.15, 0.2) is 36.4 Å². The number of hydrogen-bond donors (Lipinski definition) is 1. The standard InChI is InChI=1S/C16H15F2NO2/c17-13-5-10(8-19)6-14(18)16(13)20-9-12-7-11-3-1-2-4-15(11)21-12/h1-6,12H,7-9,19H2. The van der Waals surface area contributed by atoms with E-state index in [1.165, 1.54) is 12.1 Å². The largest absolute Gasteiger partial charge is 0.486 e. The summed E-state index contributed by atoms with van der Waals surface area (Å²) in [6, 6.07) is 10.0. The highest BCUT2D eigenvalue weighted by molar-refractivity contribution is 5.37. The average Bonchev–Trinajstić information content (AvgIpc) is 2.88. The van der Waals surface area contributed by atoms with Gasteiger partial charge in [-0.1, -0.05) is 18.2 Å². The van der Waals surface area contributed by atoms with Gasteiger partial charge in [0, 0.05) is 13.0 Å². The van der Waals surface area contributed by atoms with Crippen LogP contribution >= 0.6 is 0 Å². The van der Waals surface area contributed by atoms with Gasteiger partial charge in [0.15, 0.2) is 17.4 Å². The van der Waals surface area contributed by atoms with Crippen molar-refractivity contribution in [1.82, 2.24) is 0 Å². The van der Waals surface area contributed by atoms with Crippen molar-refractivity contribution in [3.05, 3.63) is 59.2 Å². The zero-order chi connectivity index (χ0) is 14.8. The third-order valence-corrected chi connectivity index (χ3v) is 3.42. The van der Waals surface area contributed by atoms with Gasteiger partial charge in [-0.2, -0.15) is 0 Å². The van der Waals surface area contributed by atoms with Crippen molar-refractivity contribution in [2.24, 2.45) is 5.73 Å². The van der Waals surface area contributed by atoms with Gasteiger partial charge < -0.3 is 15.2 Å². The molecule has 0 spiro atoms. The summed E-state index contributed by atoms with van der Waals surface area (Å²) in [5, 5.41) is 0. The van der Waals surface area contributed by atoms with Gasteiger partial charge in [-0.3, -0.25) is 0 Å². The van der Waals surface area contributed by atoms with Gasteiger partial charge in [-0.15, -0.1) is 0 Å². The molecule has 21 heavy (non-hydrogen) atoms. The summed E-state index contributed by atoms with van der Waals surface area (Å²) in [4.78, 5) is 0. The highest BCUT2D eigenvalue weighted by atomic mass is 19.1. The molecule has 3 rings (SSSR count). The Balaban J connectivity index is 1.67. The Morgan fingerprint density at radius 2 is 1.90 bits per heavy atom. The lowest BCUT2D eigenvalue weighted by atomic mass is 10.1. The lowest BCUT2D eigenvalue weighted by Crippen LogP contribution is -2.23. The number of hydrogen-bond acceptors (Lipinski definition) is 3. The van der Waals surface area contributed by atoms with Crippen molar-refractivity contribution in [2.45, 2.75) is 19.1 Å². The minimum atomic E-state index is -0.744. The quantitative estimate of drug-likeness (QED) is 0.942. The number of benzene rings is 2. The molecular weight excluding hydrogens is 276 g/mol. The van der Waals surface area contributed by atoms with Crippen LogP contribution in [-0.2, 0) is 13.0 Å². The van der Waals surface area contributed by atoms with Crippen LogP contribution in [0.3, 0.4) is 0 Å². The molecule has 0 fully saturated rings. The maximum absolute atomic E-state index is 13.8. The molecule has 5 heteroatoms. The van der Waals surface area contributed by atoms with E-state index >= 15 is 0 Å². The van der Waals surface area contributed by atoms with Gasteiger partial charge in [0.1, 0.15) is 18.5 Å². The normalized spacial score (nSPS) is 16.4. The smallest absolute Gasteiger partial charge is 0.190 e. The number of ether oxygens (including phenoxy) is 2. The Bertz CT molecular complexity index is 612. The first-order valence-corrected chi connectivity index (χ1v) is 6.72. The number of nitrogens with two attached hydrogens (primary N) is 1. The predicted molar refractivity (Wildman–Crippen MR) is 74.3 cm³/mol. The van der Waals surface area contributed by atoms with Gasteiger partial charge in [0.25, 0.3) is 0 Å².